The van der Waals surface area contributed by atoms with Crippen molar-refractivity contribution in [3.05, 3.63) is 35.9 Å². The Bertz CT molecular complexity index is 293. The Morgan fingerprint density at radius 3 is 2.38 bits per heavy atom. The summed E-state index contributed by atoms with van der Waals surface area (Å²) in [7, 11) is 0. The van der Waals surface area contributed by atoms with Gasteiger partial charge in [0.15, 0.2) is 6.29 Å². The van der Waals surface area contributed by atoms with E-state index in [-0.39, 0.29) is 11.9 Å². The lowest BCUT2D eigenvalue weighted by Gasteiger charge is -2.29. The summed E-state index contributed by atoms with van der Waals surface area (Å²) >= 11 is 0. The molecule has 0 aromatic heterocycles. The Morgan fingerprint density at radius 2 is 1.81 bits per heavy atom. The van der Waals surface area contributed by atoms with Crippen LogP contribution in [0.3, 0.4) is 0 Å². The molecule has 0 saturated carbocycles. The van der Waals surface area contributed by atoms with Crippen LogP contribution in [0.1, 0.15) is 33.3 Å². The second kappa shape index (κ2) is 6.02. The Kier molecular flexibility index (Phi) is 4.97. The van der Waals surface area contributed by atoms with Gasteiger partial charge >= 0.3 is 0 Å². The van der Waals surface area contributed by atoms with E-state index in [1.54, 1.807) is 0 Å². The Labute approximate surface area is 98.6 Å². The molecule has 0 aliphatic heterocycles. The van der Waals surface area contributed by atoms with Crippen LogP contribution in [0.4, 0.5) is 0 Å². The summed E-state index contributed by atoms with van der Waals surface area (Å²) in [5.41, 5.74) is 1.09. The Balaban J connectivity index is 2.51. The van der Waals surface area contributed by atoms with Crippen LogP contribution in [0, 0.1) is 0 Å². The molecule has 90 valence electrons. The first kappa shape index (κ1) is 13.2. The second-order valence-corrected chi connectivity index (χ2v) is 4.56. The van der Waals surface area contributed by atoms with Crippen LogP contribution in [0.2, 0.25) is 0 Å². The third-order valence-corrected chi connectivity index (χ3v) is 2.36. The highest BCUT2D eigenvalue weighted by Crippen LogP contribution is 2.19. The van der Waals surface area contributed by atoms with Crippen molar-refractivity contribution in [2.75, 3.05) is 6.61 Å². The van der Waals surface area contributed by atoms with E-state index in [4.69, 9.17) is 9.47 Å². The highest BCUT2D eigenvalue weighted by Gasteiger charge is 2.22. The van der Waals surface area contributed by atoms with Crippen molar-refractivity contribution in [2.24, 2.45) is 0 Å². The average Bonchev–Trinajstić information content (AvgIpc) is 2.17. The number of benzene rings is 1. The summed E-state index contributed by atoms with van der Waals surface area (Å²) in [5.74, 6) is 0. The van der Waals surface area contributed by atoms with Gasteiger partial charge in [0.05, 0.1) is 5.60 Å². The summed E-state index contributed by atoms with van der Waals surface area (Å²) in [4.78, 5) is 0. The van der Waals surface area contributed by atoms with Crippen molar-refractivity contribution >= 4 is 0 Å². The summed E-state index contributed by atoms with van der Waals surface area (Å²) < 4.78 is 11.3. The minimum Gasteiger partial charge on any atom is -0.353 e. The van der Waals surface area contributed by atoms with E-state index in [2.05, 4.69) is 38.1 Å². The number of rotatable bonds is 6. The molecule has 0 fully saturated rings. The molecule has 0 radical (unpaired) electrons. The molecular formula is C14H22O2. The fraction of sp³-hybridized carbons (Fsp3) is 0.571. The van der Waals surface area contributed by atoms with Crippen LogP contribution in [0.25, 0.3) is 0 Å². The molecule has 0 N–H and O–H groups in total. The van der Waals surface area contributed by atoms with Crippen molar-refractivity contribution in [1.82, 2.24) is 0 Å². The van der Waals surface area contributed by atoms with Crippen LogP contribution < -0.4 is 0 Å². The molecule has 0 aliphatic carbocycles. The number of hydrogen-bond acceptors (Lipinski definition) is 2. The van der Waals surface area contributed by atoms with Gasteiger partial charge in [0.25, 0.3) is 0 Å². The van der Waals surface area contributed by atoms with Crippen LogP contribution in [-0.4, -0.2) is 18.5 Å². The Hall–Kier alpha value is -0.860. The standard InChI is InChI=1S/C14H22O2/c1-5-15-12(2)16-14(3,4)11-13-9-7-6-8-10-13/h6-10,12H,5,11H2,1-4H3. The predicted molar refractivity (Wildman–Crippen MR) is 66.4 cm³/mol. The normalized spacial score (nSPS) is 13.8. The smallest absolute Gasteiger partial charge is 0.155 e. The van der Waals surface area contributed by atoms with Gasteiger partial charge in [-0.05, 0) is 33.3 Å². The lowest BCUT2D eigenvalue weighted by molar-refractivity contribution is -0.188. The van der Waals surface area contributed by atoms with E-state index in [0.29, 0.717) is 6.61 Å². The van der Waals surface area contributed by atoms with Gasteiger partial charge in [-0.15, -0.1) is 0 Å². The predicted octanol–water partition coefficient (Wildman–Crippen LogP) is 3.41. The molecule has 0 aliphatic rings. The van der Waals surface area contributed by atoms with Crippen LogP contribution in [0.5, 0.6) is 0 Å². The fourth-order valence-corrected chi connectivity index (χ4v) is 1.85. The quantitative estimate of drug-likeness (QED) is 0.687. The third-order valence-electron chi connectivity index (χ3n) is 2.36. The van der Waals surface area contributed by atoms with E-state index in [9.17, 15) is 0 Å². The number of ether oxygens (including phenoxy) is 2. The van der Waals surface area contributed by atoms with Gasteiger partial charge in [-0.3, -0.25) is 0 Å². The Morgan fingerprint density at radius 1 is 1.19 bits per heavy atom. The average molecular weight is 222 g/mol. The summed E-state index contributed by atoms with van der Waals surface area (Å²) in [6.07, 6.45) is 0.745. The first-order valence-corrected chi connectivity index (χ1v) is 5.87. The maximum absolute atomic E-state index is 5.86. The van der Waals surface area contributed by atoms with Gasteiger partial charge in [0.2, 0.25) is 0 Å². The van der Waals surface area contributed by atoms with Crippen LogP contribution >= 0.6 is 0 Å². The molecule has 0 heterocycles. The van der Waals surface area contributed by atoms with Crippen molar-refractivity contribution in [1.29, 1.82) is 0 Å². The molecule has 1 aromatic rings. The minimum absolute atomic E-state index is 0.149. The second-order valence-electron chi connectivity index (χ2n) is 4.56. The lowest BCUT2D eigenvalue weighted by Crippen LogP contribution is -2.32. The van der Waals surface area contributed by atoms with Gasteiger partial charge in [-0.1, -0.05) is 30.3 Å². The molecule has 0 saturated heterocycles. The van der Waals surface area contributed by atoms with E-state index in [1.807, 2.05) is 19.9 Å². The molecule has 0 spiro atoms. The SMILES string of the molecule is CCOC(C)OC(C)(C)Cc1ccccc1. The molecule has 16 heavy (non-hydrogen) atoms. The van der Waals surface area contributed by atoms with E-state index < -0.39 is 0 Å². The largest absolute Gasteiger partial charge is 0.353 e. The van der Waals surface area contributed by atoms with Gasteiger partial charge < -0.3 is 9.47 Å². The highest BCUT2D eigenvalue weighted by atomic mass is 16.7. The zero-order chi connectivity index (χ0) is 12.0. The van der Waals surface area contributed by atoms with Gasteiger partial charge in [-0.2, -0.15) is 0 Å². The maximum atomic E-state index is 5.86. The van der Waals surface area contributed by atoms with Crippen LogP contribution in [-0.2, 0) is 15.9 Å². The van der Waals surface area contributed by atoms with Crippen molar-refractivity contribution < 1.29 is 9.47 Å². The zero-order valence-electron chi connectivity index (χ0n) is 10.7. The number of hydrogen-bond donors (Lipinski definition) is 0. The zero-order valence-corrected chi connectivity index (χ0v) is 10.7. The molecule has 0 amide bonds. The van der Waals surface area contributed by atoms with Crippen LogP contribution in [0.15, 0.2) is 30.3 Å². The van der Waals surface area contributed by atoms with Crippen molar-refractivity contribution in [3.63, 3.8) is 0 Å². The molecule has 2 heteroatoms. The first-order valence-electron chi connectivity index (χ1n) is 5.87. The molecule has 1 aromatic carbocycles. The summed E-state index contributed by atoms with van der Waals surface area (Å²) in [5, 5.41) is 0. The van der Waals surface area contributed by atoms with E-state index in [0.717, 1.165) is 6.42 Å². The third kappa shape index (κ3) is 4.77. The van der Waals surface area contributed by atoms with Crippen molar-refractivity contribution in [2.45, 2.75) is 46.0 Å². The van der Waals surface area contributed by atoms with Gasteiger partial charge in [0, 0.05) is 13.0 Å². The fourth-order valence-electron chi connectivity index (χ4n) is 1.85. The highest BCUT2D eigenvalue weighted by molar-refractivity contribution is 5.16. The lowest BCUT2D eigenvalue weighted by atomic mass is 9.98. The molecule has 1 rings (SSSR count). The summed E-state index contributed by atoms with van der Waals surface area (Å²) in [6, 6.07) is 10.4. The van der Waals surface area contributed by atoms with E-state index >= 15 is 0 Å². The van der Waals surface area contributed by atoms with Crippen molar-refractivity contribution in [3.8, 4) is 0 Å². The molecule has 1 unspecified atom stereocenters. The molecular weight excluding hydrogens is 200 g/mol. The van der Waals surface area contributed by atoms with Gasteiger partial charge in [0.1, 0.15) is 0 Å². The molecule has 1 atom stereocenters. The topological polar surface area (TPSA) is 18.5 Å². The minimum atomic E-state index is -0.198. The van der Waals surface area contributed by atoms with E-state index in [1.165, 1.54) is 5.56 Å². The first-order chi connectivity index (χ1) is 7.53. The monoisotopic (exact) mass is 222 g/mol. The maximum Gasteiger partial charge on any atom is 0.155 e. The molecule has 0 bridgehead atoms. The summed E-state index contributed by atoms with van der Waals surface area (Å²) in [6.45, 7) is 8.79. The van der Waals surface area contributed by atoms with Gasteiger partial charge in [-0.25, -0.2) is 0 Å². The molecule has 2 nitrogen and oxygen atoms in total.